The van der Waals surface area contributed by atoms with Crippen LogP contribution in [-0.4, -0.2) is 46.9 Å². The van der Waals surface area contributed by atoms with E-state index in [2.05, 4.69) is 15.0 Å². The summed E-state index contributed by atoms with van der Waals surface area (Å²) < 4.78 is 30.2. The lowest BCUT2D eigenvalue weighted by Gasteiger charge is -2.50. The first kappa shape index (κ1) is 16.5. The molecule has 0 aromatic carbocycles. The molecule has 6 nitrogen and oxygen atoms in total. The van der Waals surface area contributed by atoms with Crippen molar-refractivity contribution in [1.29, 1.82) is 0 Å². The first-order chi connectivity index (χ1) is 12.1. The second-order valence-electron chi connectivity index (χ2n) is 6.90. The van der Waals surface area contributed by atoms with Crippen LogP contribution in [0, 0.1) is 18.7 Å². The molecule has 1 spiro atoms. The predicted octanol–water partition coefficient (Wildman–Crippen LogP) is 2.58. The highest BCUT2D eigenvalue weighted by atomic mass is 19.1. The van der Waals surface area contributed by atoms with Crippen LogP contribution in [0.1, 0.15) is 24.3 Å². The van der Waals surface area contributed by atoms with Crippen molar-refractivity contribution < 1.29 is 18.4 Å². The number of hydrogen-bond donors (Lipinski definition) is 0. The summed E-state index contributed by atoms with van der Waals surface area (Å²) in [5.74, 6) is 0.915. The average Bonchev–Trinajstić information content (AvgIpc) is 3.16. The molecule has 2 aliphatic rings. The maximum Gasteiger partial charge on any atom is 0.250 e. The van der Waals surface area contributed by atoms with Gasteiger partial charge in [0.2, 0.25) is 5.88 Å². The van der Waals surface area contributed by atoms with E-state index in [9.17, 15) is 4.39 Å². The Kier molecular flexibility index (Phi) is 4.43. The zero-order valence-corrected chi connectivity index (χ0v) is 14.3. The molecule has 1 unspecified atom stereocenters. The predicted molar refractivity (Wildman–Crippen MR) is 87.6 cm³/mol. The molecule has 2 saturated heterocycles. The second kappa shape index (κ2) is 6.72. The quantitative estimate of drug-likeness (QED) is 0.800. The summed E-state index contributed by atoms with van der Waals surface area (Å²) in [6, 6.07) is 4.88. The standard InChI is InChI=1S/C18H22FN3O3/c1-13-9-15(21-25-13)10-22-11-18(12-22)14(5-8-24-18)4-7-23-17-16(19)3-2-6-20-17/h2-3,6,9,14H,4-5,7-8,10-12H2,1H3. The van der Waals surface area contributed by atoms with Gasteiger partial charge in [0.05, 0.1) is 17.9 Å². The van der Waals surface area contributed by atoms with Gasteiger partial charge in [0, 0.05) is 38.5 Å². The molecule has 25 heavy (non-hydrogen) atoms. The summed E-state index contributed by atoms with van der Waals surface area (Å²) in [4.78, 5) is 6.24. The minimum absolute atomic E-state index is 0.0760. The topological polar surface area (TPSA) is 60.6 Å². The Morgan fingerprint density at radius 1 is 1.44 bits per heavy atom. The first-order valence-electron chi connectivity index (χ1n) is 8.66. The van der Waals surface area contributed by atoms with Crippen LogP contribution in [0.15, 0.2) is 28.9 Å². The van der Waals surface area contributed by atoms with Gasteiger partial charge in [-0.05, 0) is 37.8 Å². The molecule has 2 aliphatic heterocycles. The molecule has 2 aromatic rings. The number of nitrogens with zero attached hydrogens (tertiary/aromatic N) is 3. The summed E-state index contributed by atoms with van der Waals surface area (Å²) in [5, 5.41) is 4.04. The lowest BCUT2D eigenvalue weighted by Crippen LogP contribution is -2.64. The van der Waals surface area contributed by atoms with E-state index in [-0.39, 0.29) is 11.5 Å². The van der Waals surface area contributed by atoms with Gasteiger partial charge in [-0.25, -0.2) is 9.37 Å². The van der Waals surface area contributed by atoms with E-state index in [0.29, 0.717) is 12.5 Å². The van der Waals surface area contributed by atoms with Gasteiger partial charge in [0.15, 0.2) is 5.82 Å². The third-order valence-electron chi connectivity index (χ3n) is 5.07. The van der Waals surface area contributed by atoms with Crippen molar-refractivity contribution in [1.82, 2.24) is 15.0 Å². The van der Waals surface area contributed by atoms with Gasteiger partial charge in [0.1, 0.15) is 5.76 Å². The van der Waals surface area contributed by atoms with Gasteiger partial charge in [-0.3, -0.25) is 4.90 Å². The molecular formula is C18H22FN3O3. The molecule has 1 atom stereocenters. The molecule has 4 heterocycles. The van der Waals surface area contributed by atoms with Crippen LogP contribution in [0.2, 0.25) is 0 Å². The maximum absolute atomic E-state index is 13.5. The zero-order valence-electron chi connectivity index (χ0n) is 14.3. The molecule has 2 fully saturated rings. The van der Waals surface area contributed by atoms with E-state index in [1.807, 2.05) is 13.0 Å². The Bertz CT molecular complexity index is 730. The highest BCUT2D eigenvalue weighted by molar-refractivity contribution is 5.13. The summed E-state index contributed by atoms with van der Waals surface area (Å²) >= 11 is 0. The van der Waals surface area contributed by atoms with Crippen LogP contribution in [0.5, 0.6) is 5.88 Å². The summed E-state index contributed by atoms with van der Waals surface area (Å²) in [7, 11) is 0. The monoisotopic (exact) mass is 347 g/mol. The molecule has 4 rings (SSSR count). The van der Waals surface area contributed by atoms with Crippen molar-refractivity contribution in [2.45, 2.75) is 31.9 Å². The number of aromatic nitrogens is 2. The van der Waals surface area contributed by atoms with Gasteiger partial charge in [0.25, 0.3) is 0 Å². The SMILES string of the molecule is Cc1cc(CN2CC3(C2)OCCC3CCOc2ncccc2F)no1. The Balaban J connectivity index is 1.27. The summed E-state index contributed by atoms with van der Waals surface area (Å²) in [6.45, 7) is 5.69. The van der Waals surface area contributed by atoms with Crippen molar-refractivity contribution in [2.24, 2.45) is 5.92 Å². The van der Waals surface area contributed by atoms with Gasteiger partial charge >= 0.3 is 0 Å². The molecule has 0 bridgehead atoms. The van der Waals surface area contributed by atoms with Crippen molar-refractivity contribution in [3.63, 3.8) is 0 Å². The number of likely N-dealkylation sites (tertiary alicyclic amines) is 1. The lowest BCUT2D eigenvalue weighted by atomic mass is 9.79. The van der Waals surface area contributed by atoms with Gasteiger partial charge in [-0.1, -0.05) is 5.16 Å². The molecule has 0 saturated carbocycles. The molecule has 0 amide bonds. The molecule has 134 valence electrons. The van der Waals surface area contributed by atoms with E-state index in [0.717, 1.165) is 50.5 Å². The number of rotatable bonds is 6. The van der Waals surface area contributed by atoms with Crippen LogP contribution in [0.25, 0.3) is 0 Å². The van der Waals surface area contributed by atoms with Crippen LogP contribution in [-0.2, 0) is 11.3 Å². The smallest absolute Gasteiger partial charge is 0.250 e. The van der Waals surface area contributed by atoms with Crippen molar-refractivity contribution in [3.05, 3.63) is 41.7 Å². The molecule has 0 aliphatic carbocycles. The van der Waals surface area contributed by atoms with Crippen molar-refractivity contribution in [3.8, 4) is 5.88 Å². The Morgan fingerprint density at radius 3 is 3.08 bits per heavy atom. The highest BCUT2D eigenvalue weighted by Crippen LogP contribution is 2.42. The Labute approximate surface area is 145 Å². The highest BCUT2D eigenvalue weighted by Gasteiger charge is 2.52. The van der Waals surface area contributed by atoms with Gasteiger partial charge in [-0.15, -0.1) is 0 Å². The molecule has 2 aromatic heterocycles. The van der Waals surface area contributed by atoms with E-state index in [4.69, 9.17) is 14.0 Å². The molecule has 0 N–H and O–H groups in total. The number of aryl methyl sites for hydroxylation is 1. The fourth-order valence-electron chi connectivity index (χ4n) is 3.86. The van der Waals surface area contributed by atoms with Crippen molar-refractivity contribution >= 4 is 0 Å². The van der Waals surface area contributed by atoms with Crippen LogP contribution >= 0.6 is 0 Å². The molecule has 7 heteroatoms. The normalized spacial score (nSPS) is 22.2. The number of hydrogen-bond acceptors (Lipinski definition) is 6. The Morgan fingerprint density at radius 2 is 2.32 bits per heavy atom. The zero-order chi connectivity index (χ0) is 17.3. The fraction of sp³-hybridized carbons (Fsp3) is 0.556. The largest absolute Gasteiger partial charge is 0.476 e. The molecule has 0 radical (unpaired) electrons. The maximum atomic E-state index is 13.5. The molecular weight excluding hydrogens is 325 g/mol. The number of halogens is 1. The van der Waals surface area contributed by atoms with E-state index in [1.165, 1.54) is 12.3 Å². The minimum Gasteiger partial charge on any atom is -0.476 e. The number of ether oxygens (including phenoxy) is 2. The van der Waals surface area contributed by atoms with E-state index in [1.54, 1.807) is 6.07 Å². The minimum atomic E-state index is -0.419. The Hall–Kier alpha value is -1.99. The van der Waals surface area contributed by atoms with Gasteiger partial charge in [-0.2, -0.15) is 0 Å². The summed E-state index contributed by atoms with van der Waals surface area (Å²) in [6.07, 6.45) is 3.39. The van der Waals surface area contributed by atoms with Crippen LogP contribution in [0.4, 0.5) is 4.39 Å². The third kappa shape index (κ3) is 3.39. The van der Waals surface area contributed by atoms with Crippen molar-refractivity contribution in [2.75, 3.05) is 26.3 Å². The summed E-state index contributed by atoms with van der Waals surface area (Å²) in [5.41, 5.74) is 0.862. The van der Waals surface area contributed by atoms with Gasteiger partial charge < -0.3 is 14.0 Å². The van der Waals surface area contributed by atoms with E-state index < -0.39 is 5.82 Å². The van der Waals surface area contributed by atoms with Crippen LogP contribution < -0.4 is 4.74 Å². The number of pyridine rings is 1. The van der Waals surface area contributed by atoms with E-state index >= 15 is 0 Å². The third-order valence-corrected chi connectivity index (χ3v) is 5.07. The van der Waals surface area contributed by atoms with Crippen LogP contribution in [0.3, 0.4) is 0 Å². The second-order valence-corrected chi connectivity index (χ2v) is 6.90. The average molecular weight is 347 g/mol. The lowest BCUT2D eigenvalue weighted by molar-refractivity contribution is -0.138. The first-order valence-corrected chi connectivity index (χ1v) is 8.66. The fourth-order valence-corrected chi connectivity index (χ4v) is 3.86.